The smallest absolute Gasteiger partial charge is 0.320 e. The van der Waals surface area contributed by atoms with Crippen LogP contribution in [-0.2, 0) is 11.3 Å². The van der Waals surface area contributed by atoms with Gasteiger partial charge in [0, 0.05) is 24.2 Å². The largest absolute Gasteiger partial charge is 0.480 e. The van der Waals surface area contributed by atoms with Gasteiger partial charge in [0.1, 0.15) is 6.04 Å². The summed E-state index contributed by atoms with van der Waals surface area (Å²) in [5.74, 6) is -0.398. The number of fused-ring (bicyclic) bond motifs is 1. The zero-order chi connectivity index (χ0) is 15.7. The number of nitro groups is 1. The molecule has 118 valence electrons. The quantitative estimate of drug-likeness (QED) is 0.683. The van der Waals surface area contributed by atoms with Crippen LogP contribution in [0.3, 0.4) is 0 Å². The predicted octanol–water partition coefficient (Wildman–Crippen LogP) is 2.81. The number of hydrogen-bond donors (Lipinski definition) is 1. The van der Waals surface area contributed by atoms with Crippen molar-refractivity contribution in [1.82, 2.24) is 4.90 Å². The number of carboxylic acids is 1. The second-order valence-electron chi connectivity index (χ2n) is 6.26. The van der Waals surface area contributed by atoms with Gasteiger partial charge in [0.15, 0.2) is 0 Å². The molecule has 1 saturated carbocycles. The minimum atomic E-state index is -0.812. The molecule has 22 heavy (non-hydrogen) atoms. The normalized spacial score (nSPS) is 28.3. The van der Waals surface area contributed by atoms with E-state index in [0.29, 0.717) is 24.4 Å². The SMILES string of the molecule is O=C(O)C1CC2CCCCC2N1Cc1ccccc1[N+](=O)[O-]. The van der Waals surface area contributed by atoms with E-state index in [9.17, 15) is 20.0 Å². The van der Waals surface area contributed by atoms with Crippen LogP contribution in [0.25, 0.3) is 0 Å². The lowest BCUT2D eigenvalue weighted by molar-refractivity contribution is -0.385. The third kappa shape index (κ3) is 2.70. The van der Waals surface area contributed by atoms with Crippen molar-refractivity contribution < 1.29 is 14.8 Å². The van der Waals surface area contributed by atoms with Gasteiger partial charge in [0.05, 0.1) is 4.92 Å². The van der Waals surface area contributed by atoms with E-state index < -0.39 is 12.0 Å². The fraction of sp³-hybridized carbons (Fsp3) is 0.562. The Hall–Kier alpha value is -1.95. The van der Waals surface area contributed by atoms with E-state index in [1.54, 1.807) is 18.2 Å². The van der Waals surface area contributed by atoms with Gasteiger partial charge in [0.25, 0.3) is 5.69 Å². The molecule has 6 nitrogen and oxygen atoms in total. The van der Waals surface area contributed by atoms with Crippen molar-refractivity contribution in [3.05, 3.63) is 39.9 Å². The molecule has 3 unspecified atom stereocenters. The first-order valence-corrected chi connectivity index (χ1v) is 7.79. The van der Waals surface area contributed by atoms with Crippen LogP contribution < -0.4 is 0 Å². The molecular formula is C16H20N2O4. The van der Waals surface area contributed by atoms with Crippen LogP contribution >= 0.6 is 0 Å². The Balaban J connectivity index is 1.88. The molecule has 1 N–H and O–H groups in total. The molecule has 0 amide bonds. The highest BCUT2D eigenvalue weighted by Gasteiger charge is 2.45. The summed E-state index contributed by atoms with van der Waals surface area (Å²) in [4.78, 5) is 24.3. The highest BCUT2D eigenvalue weighted by atomic mass is 16.6. The van der Waals surface area contributed by atoms with Crippen LogP contribution in [0.2, 0.25) is 0 Å². The van der Waals surface area contributed by atoms with Gasteiger partial charge >= 0.3 is 5.97 Å². The monoisotopic (exact) mass is 304 g/mol. The molecule has 1 aliphatic carbocycles. The molecule has 2 fully saturated rings. The number of carboxylic acid groups (broad SMARTS) is 1. The molecule has 2 aliphatic rings. The van der Waals surface area contributed by atoms with E-state index >= 15 is 0 Å². The van der Waals surface area contributed by atoms with Crippen molar-refractivity contribution in [2.45, 2.75) is 50.7 Å². The Morgan fingerprint density at radius 1 is 1.32 bits per heavy atom. The van der Waals surface area contributed by atoms with E-state index in [1.807, 2.05) is 4.90 Å². The van der Waals surface area contributed by atoms with Crippen molar-refractivity contribution >= 4 is 11.7 Å². The Kier molecular flexibility index (Phi) is 4.11. The second kappa shape index (κ2) is 6.04. The van der Waals surface area contributed by atoms with Crippen LogP contribution in [0.5, 0.6) is 0 Å². The average Bonchev–Trinajstić information content (AvgIpc) is 2.87. The van der Waals surface area contributed by atoms with E-state index in [1.165, 1.54) is 6.07 Å². The van der Waals surface area contributed by atoms with E-state index in [2.05, 4.69) is 0 Å². The van der Waals surface area contributed by atoms with Crippen LogP contribution in [0, 0.1) is 16.0 Å². The first-order valence-electron chi connectivity index (χ1n) is 7.79. The van der Waals surface area contributed by atoms with Gasteiger partial charge in [-0.25, -0.2) is 0 Å². The van der Waals surface area contributed by atoms with Gasteiger partial charge in [-0.05, 0) is 25.2 Å². The van der Waals surface area contributed by atoms with Crippen LogP contribution in [-0.4, -0.2) is 33.0 Å². The second-order valence-corrected chi connectivity index (χ2v) is 6.26. The zero-order valence-electron chi connectivity index (χ0n) is 12.4. The lowest BCUT2D eigenvalue weighted by Crippen LogP contribution is -2.41. The minimum absolute atomic E-state index is 0.0749. The fourth-order valence-corrected chi connectivity index (χ4v) is 4.04. The number of benzene rings is 1. The summed E-state index contributed by atoms with van der Waals surface area (Å²) in [7, 11) is 0. The summed E-state index contributed by atoms with van der Waals surface area (Å²) in [5, 5.41) is 20.7. The van der Waals surface area contributed by atoms with Gasteiger partial charge in [0.2, 0.25) is 0 Å². The van der Waals surface area contributed by atoms with Crippen LogP contribution in [0.1, 0.15) is 37.7 Å². The highest BCUT2D eigenvalue weighted by molar-refractivity contribution is 5.74. The molecule has 3 rings (SSSR count). The summed E-state index contributed by atoms with van der Waals surface area (Å²) >= 11 is 0. The molecule has 1 aromatic rings. The average molecular weight is 304 g/mol. The molecular weight excluding hydrogens is 284 g/mol. The molecule has 1 aromatic carbocycles. The first-order chi connectivity index (χ1) is 10.6. The number of carbonyl (C=O) groups is 1. The molecule has 0 aromatic heterocycles. The molecule has 0 spiro atoms. The standard InChI is InChI=1S/C16H20N2O4/c19-16(20)15-9-11-5-1-3-7-13(11)17(15)10-12-6-2-4-8-14(12)18(21)22/h2,4,6,8,11,13,15H,1,3,5,7,9-10H2,(H,19,20). The summed E-state index contributed by atoms with van der Waals surface area (Å²) in [6.45, 7) is 0.343. The molecule has 1 heterocycles. The van der Waals surface area contributed by atoms with Crippen molar-refractivity contribution in [3.8, 4) is 0 Å². The number of likely N-dealkylation sites (tertiary alicyclic amines) is 1. The fourth-order valence-electron chi connectivity index (χ4n) is 4.04. The lowest BCUT2D eigenvalue weighted by atomic mass is 9.84. The summed E-state index contributed by atoms with van der Waals surface area (Å²) in [5.41, 5.74) is 0.677. The van der Waals surface area contributed by atoms with E-state index in [-0.39, 0.29) is 16.7 Å². The van der Waals surface area contributed by atoms with Gasteiger partial charge in [-0.1, -0.05) is 31.0 Å². The number of rotatable bonds is 4. The highest BCUT2D eigenvalue weighted by Crippen LogP contribution is 2.41. The number of aliphatic carboxylic acids is 1. The van der Waals surface area contributed by atoms with E-state index in [4.69, 9.17) is 0 Å². The topological polar surface area (TPSA) is 83.7 Å². The third-order valence-corrected chi connectivity index (χ3v) is 5.05. The van der Waals surface area contributed by atoms with Crippen molar-refractivity contribution in [2.24, 2.45) is 5.92 Å². The Labute approximate surface area is 128 Å². The van der Waals surface area contributed by atoms with Crippen molar-refractivity contribution in [1.29, 1.82) is 0 Å². The minimum Gasteiger partial charge on any atom is -0.480 e. The summed E-state index contributed by atoms with van der Waals surface area (Å²) in [6, 6.07) is 6.35. The Bertz CT molecular complexity index is 589. The molecule has 1 saturated heterocycles. The van der Waals surface area contributed by atoms with Gasteiger partial charge in [-0.2, -0.15) is 0 Å². The van der Waals surface area contributed by atoms with E-state index in [0.717, 1.165) is 25.7 Å². The summed E-state index contributed by atoms with van der Waals surface area (Å²) in [6.07, 6.45) is 5.01. The van der Waals surface area contributed by atoms with Crippen LogP contribution in [0.4, 0.5) is 5.69 Å². The number of nitrogens with zero attached hydrogens (tertiary/aromatic N) is 2. The summed E-state index contributed by atoms with van der Waals surface area (Å²) < 4.78 is 0. The zero-order valence-corrected chi connectivity index (χ0v) is 12.4. The number of hydrogen-bond acceptors (Lipinski definition) is 4. The maximum atomic E-state index is 11.6. The number of nitro benzene ring substituents is 1. The van der Waals surface area contributed by atoms with Gasteiger partial charge in [-0.15, -0.1) is 0 Å². The molecule has 0 radical (unpaired) electrons. The molecule has 1 aliphatic heterocycles. The van der Waals surface area contributed by atoms with Crippen molar-refractivity contribution in [3.63, 3.8) is 0 Å². The molecule has 6 heteroatoms. The van der Waals surface area contributed by atoms with Crippen LogP contribution in [0.15, 0.2) is 24.3 Å². The maximum Gasteiger partial charge on any atom is 0.320 e. The Morgan fingerprint density at radius 3 is 2.77 bits per heavy atom. The molecule has 3 atom stereocenters. The van der Waals surface area contributed by atoms with Gasteiger partial charge < -0.3 is 5.11 Å². The lowest BCUT2D eigenvalue weighted by Gasteiger charge is -2.32. The third-order valence-electron chi connectivity index (χ3n) is 5.05. The number of para-hydroxylation sites is 1. The first kappa shape index (κ1) is 15.0. The van der Waals surface area contributed by atoms with Crippen molar-refractivity contribution in [2.75, 3.05) is 0 Å². The molecule has 0 bridgehead atoms. The van der Waals surface area contributed by atoms with Gasteiger partial charge in [-0.3, -0.25) is 19.8 Å². The predicted molar refractivity (Wildman–Crippen MR) is 80.4 cm³/mol. The Morgan fingerprint density at radius 2 is 2.05 bits per heavy atom. The maximum absolute atomic E-state index is 11.6.